The Morgan fingerprint density at radius 3 is 3.00 bits per heavy atom. The van der Waals surface area contributed by atoms with Crippen molar-refractivity contribution >= 4 is 5.69 Å². The second-order valence-corrected chi connectivity index (χ2v) is 4.77. The van der Waals surface area contributed by atoms with E-state index in [0.29, 0.717) is 6.54 Å². The van der Waals surface area contributed by atoms with Crippen LogP contribution in [0.2, 0.25) is 0 Å². The lowest BCUT2D eigenvalue weighted by molar-refractivity contribution is -0.385. The van der Waals surface area contributed by atoms with Crippen LogP contribution in [-0.4, -0.2) is 34.1 Å². The molecule has 5 nitrogen and oxygen atoms in total. The Balaban J connectivity index is 2.19. The topological polar surface area (TPSA) is 66.6 Å². The first-order valence-corrected chi connectivity index (χ1v) is 6.21. The van der Waals surface area contributed by atoms with Crippen molar-refractivity contribution in [2.75, 3.05) is 13.2 Å². The van der Waals surface area contributed by atoms with Gasteiger partial charge in [0.1, 0.15) is 0 Å². The molecule has 1 aliphatic heterocycles. The minimum absolute atomic E-state index is 0.161. The molecule has 1 aromatic carbocycles. The lowest BCUT2D eigenvalue weighted by Crippen LogP contribution is -2.31. The average molecular weight is 250 g/mol. The summed E-state index contributed by atoms with van der Waals surface area (Å²) >= 11 is 0. The Kier molecular flexibility index (Phi) is 3.93. The fourth-order valence-corrected chi connectivity index (χ4v) is 2.57. The van der Waals surface area contributed by atoms with Gasteiger partial charge in [0.15, 0.2) is 0 Å². The van der Waals surface area contributed by atoms with E-state index in [4.69, 9.17) is 0 Å². The Labute approximate surface area is 106 Å². The summed E-state index contributed by atoms with van der Waals surface area (Å²) in [6, 6.07) is 5.38. The van der Waals surface area contributed by atoms with E-state index < -0.39 is 0 Å². The van der Waals surface area contributed by atoms with Crippen LogP contribution in [-0.2, 0) is 6.54 Å². The average Bonchev–Trinajstić information content (AvgIpc) is 2.78. The van der Waals surface area contributed by atoms with Gasteiger partial charge in [-0.25, -0.2) is 0 Å². The van der Waals surface area contributed by atoms with E-state index >= 15 is 0 Å². The van der Waals surface area contributed by atoms with E-state index in [1.54, 1.807) is 13.0 Å². The number of nitrogens with zero attached hydrogens (tertiary/aromatic N) is 2. The van der Waals surface area contributed by atoms with E-state index in [-0.39, 0.29) is 23.3 Å². The molecule has 98 valence electrons. The SMILES string of the molecule is Cc1c(CN2CCC[C@H]2CO)cccc1[N+](=O)[O-]. The number of nitro groups is 1. The van der Waals surface area contributed by atoms with E-state index in [1.807, 2.05) is 6.07 Å². The van der Waals surface area contributed by atoms with Crippen molar-refractivity contribution in [3.63, 3.8) is 0 Å². The number of aliphatic hydroxyl groups excluding tert-OH is 1. The minimum atomic E-state index is -0.341. The van der Waals surface area contributed by atoms with Crippen molar-refractivity contribution < 1.29 is 10.0 Å². The van der Waals surface area contributed by atoms with Gasteiger partial charge in [0.05, 0.1) is 11.5 Å². The summed E-state index contributed by atoms with van der Waals surface area (Å²) in [5.74, 6) is 0. The highest BCUT2D eigenvalue weighted by Crippen LogP contribution is 2.25. The molecule has 0 aromatic heterocycles. The maximum absolute atomic E-state index is 10.9. The van der Waals surface area contributed by atoms with Crippen LogP contribution >= 0.6 is 0 Å². The maximum atomic E-state index is 10.9. The number of hydrogen-bond donors (Lipinski definition) is 1. The summed E-state index contributed by atoms with van der Waals surface area (Å²) in [5.41, 5.74) is 1.88. The molecule has 0 spiro atoms. The Hall–Kier alpha value is -1.46. The van der Waals surface area contributed by atoms with Crippen LogP contribution in [0.1, 0.15) is 24.0 Å². The summed E-state index contributed by atoms with van der Waals surface area (Å²) in [7, 11) is 0. The first-order chi connectivity index (χ1) is 8.63. The normalized spacial score (nSPS) is 20.2. The fourth-order valence-electron chi connectivity index (χ4n) is 2.57. The molecular formula is C13H18N2O3. The second-order valence-electron chi connectivity index (χ2n) is 4.77. The van der Waals surface area contributed by atoms with Gasteiger partial charge < -0.3 is 5.11 Å². The van der Waals surface area contributed by atoms with Gasteiger partial charge in [0, 0.05) is 24.2 Å². The number of hydrogen-bond acceptors (Lipinski definition) is 4. The predicted octanol–water partition coefficient (Wildman–Crippen LogP) is 1.86. The Morgan fingerprint density at radius 1 is 1.56 bits per heavy atom. The van der Waals surface area contributed by atoms with Gasteiger partial charge in [-0.15, -0.1) is 0 Å². The van der Waals surface area contributed by atoms with Crippen molar-refractivity contribution in [1.29, 1.82) is 0 Å². The number of nitro benzene ring substituents is 1. The summed E-state index contributed by atoms with van der Waals surface area (Å²) in [6.45, 7) is 3.58. The first-order valence-electron chi connectivity index (χ1n) is 6.21. The second kappa shape index (κ2) is 5.46. The highest BCUT2D eigenvalue weighted by Gasteiger charge is 2.25. The third-order valence-corrected chi connectivity index (χ3v) is 3.70. The number of rotatable bonds is 4. The number of likely N-dealkylation sites (tertiary alicyclic amines) is 1. The molecule has 0 unspecified atom stereocenters. The number of aliphatic hydroxyl groups is 1. The van der Waals surface area contributed by atoms with Crippen molar-refractivity contribution in [3.05, 3.63) is 39.4 Å². The lowest BCUT2D eigenvalue weighted by atomic mass is 10.1. The molecular weight excluding hydrogens is 232 g/mol. The molecule has 2 rings (SSSR count). The van der Waals surface area contributed by atoms with Crippen LogP contribution in [0.3, 0.4) is 0 Å². The van der Waals surface area contributed by atoms with Gasteiger partial charge in [0.2, 0.25) is 0 Å². The van der Waals surface area contributed by atoms with E-state index in [0.717, 1.165) is 30.5 Å². The van der Waals surface area contributed by atoms with Crippen LogP contribution in [0.4, 0.5) is 5.69 Å². The van der Waals surface area contributed by atoms with Gasteiger partial charge in [-0.1, -0.05) is 12.1 Å². The van der Waals surface area contributed by atoms with Gasteiger partial charge >= 0.3 is 0 Å². The van der Waals surface area contributed by atoms with Gasteiger partial charge in [0.25, 0.3) is 5.69 Å². The predicted molar refractivity (Wildman–Crippen MR) is 68.4 cm³/mol. The smallest absolute Gasteiger partial charge is 0.272 e. The van der Waals surface area contributed by atoms with Crippen molar-refractivity contribution in [2.45, 2.75) is 32.4 Å². The van der Waals surface area contributed by atoms with Crippen LogP contribution in [0, 0.1) is 17.0 Å². The molecule has 1 fully saturated rings. The number of benzene rings is 1. The van der Waals surface area contributed by atoms with Gasteiger partial charge in [-0.3, -0.25) is 15.0 Å². The van der Waals surface area contributed by atoms with Crippen molar-refractivity contribution in [3.8, 4) is 0 Å². The summed E-state index contributed by atoms with van der Waals surface area (Å²) in [5, 5.41) is 20.2. The lowest BCUT2D eigenvalue weighted by Gasteiger charge is -2.23. The third-order valence-electron chi connectivity index (χ3n) is 3.70. The van der Waals surface area contributed by atoms with Crippen molar-refractivity contribution in [2.24, 2.45) is 0 Å². The molecule has 0 aliphatic carbocycles. The van der Waals surface area contributed by atoms with E-state index in [1.165, 1.54) is 6.07 Å². The van der Waals surface area contributed by atoms with E-state index in [9.17, 15) is 15.2 Å². The summed E-state index contributed by atoms with van der Waals surface area (Å²) in [6.07, 6.45) is 2.09. The molecule has 1 N–H and O–H groups in total. The van der Waals surface area contributed by atoms with Crippen molar-refractivity contribution in [1.82, 2.24) is 4.90 Å². The third kappa shape index (κ3) is 2.52. The largest absolute Gasteiger partial charge is 0.395 e. The van der Waals surface area contributed by atoms with Crippen LogP contribution in [0.25, 0.3) is 0 Å². The quantitative estimate of drug-likeness (QED) is 0.654. The monoisotopic (exact) mass is 250 g/mol. The zero-order valence-corrected chi connectivity index (χ0v) is 10.5. The van der Waals surface area contributed by atoms with Gasteiger partial charge in [-0.05, 0) is 31.9 Å². The van der Waals surface area contributed by atoms with Crippen LogP contribution in [0.15, 0.2) is 18.2 Å². The first kappa shape index (κ1) is 13.0. The summed E-state index contributed by atoms with van der Waals surface area (Å²) in [4.78, 5) is 12.7. The molecule has 0 saturated carbocycles. The molecule has 1 heterocycles. The van der Waals surface area contributed by atoms with Gasteiger partial charge in [-0.2, -0.15) is 0 Å². The zero-order valence-electron chi connectivity index (χ0n) is 10.5. The Bertz CT molecular complexity index is 448. The van der Waals surface area contributed by atoms with Crippen LogP contribution < -0.4 is 0 Å². The Morgan fingerprint density at radius 2 is 2.33 bits per heavy atom. The molecule has 1 saturated heterocycles. The highest BCUT2D eigenvalue weighted by atomic mass is 16.6. The fraction of sp³-hybridized carbons (Fsp3) is 0.538. The molecule has 0 bridgehead atoms. The standard InChI is InChI=1S/C13H18N2O3/c1-10-11(4-2-6-13(10)15(17)18)8-14-7-3-5-12(14)9-16/h2,4,6,12,16H,3,5,7-9H2,1H3/t12-/m0/s1. The van der Waals surface area contributed by atoms with Crippen LogP contribution in [0.5, 0.6) is 0 Å². The van der Waals surface area contributed by atoms with E-state index in [2.05, 4.69) is 4.90 Å². The maximum Gasteiger partial charge on any atom is 0.272 e. The molecule has 1 aromatic rings. The highest BCUT2D eigenvalue weighted by molar-refractivity contribution is 5.44. The zero-order chi connectivity index (χ0) is 13.1. The minimum Gasteiger partial charge on any atom is -0.395 e. The molecule has 5 heteroatoms. The molecule has 1 atom stereocenters. The summed E-state index contributed by atoms with van der Waals surface area (Å²) < 4.78 is 0. The molecule has 0 radical (unpaired) electrons. The molecule has 18 heavy (non-hydrogen) atoms. The molecule has 0 amide bonds. The molecule has 1 aliphatic rings.